The lowest BCUT2D eigenvalue weighted by molar-refractivity contribution is 0.428. The van der Waals surface area contributed by atoms with Crippen molar-refractivity contribution in [3.8, 4) is 0 Å². The van der Waals surface area contributed by atoms with Crippen molar-refractivity contribution in [1.82, 2.24) is 9.62 Å². The molecular weight excluding hydrogens is 280 g/mol. The molecule has 110 valence electrons. The maximum absolute atomic E-state index is 12.5. The molecule has 0 atom stereocenters. The van der Waals surface area contributed by atoms with Crippen molar-refractivity contribution in [3.05, 3.63) is 15.8 Å². The summed E-state index contributed by atoms with van der Waals surface area (Å²) in [6.45, 7) is 7.34. The average Bonchev–Trinajstić information content (AvgIpc) is 2.68. The third-order valence-electron chi connectivity index (χ3n) is 2.98. The van der Waals surface area contributed by atoms with E-state index in [1.54, 1.807) is 13.1 Å². The van der Waals surface area contributed by atoms with Gasteiger partial charge in [-0.05, 0) is 32.4 Å². The Balaban J connectivity index is 2.93. The summed E-state index contributed by atoms with van der Waals surface area (Å²) in [6.07, 6.45) is 0.877. The van der Waals surface area contributed by atoms with Crippen molar-refractivity contribution in [2.45, 2.75) is 38.6 Å². The first-order valence-corrected chi connectivity index (χ1v) is 8.75. The number of sulfonamides is 1. The van der Waals surface area contributed by atoms with Gasteiger partial charge in [0.2, 0.25) is 10.0 Å². The van der Waals surface area contributed by atoms with Gasteiger partial charge in [-0.15, -0.1) is 11.3 Å². The predicted molar refractivity (Wildman–Crippen MR) is 81.1 cm³/mol. The molecule has 19 heavy (non-hydrogen) atoms. The highest BCUT2D eigenvalue weighted by molar-refractivity contribution is 7.89. The van der Waals surface area contributed by atoms with Crippen molar-refractivity contribution in [1.29, 1.82) is 0 Å². The second kappa shape index (κ2) is 6.83. The quantitative estimate of drug-likeness (QED) is 0.842. The highest BCUT2D eigenvalue weighted by Gasteiger charge is 2.24. The third-order valence-corrected chi connectivity index (χ3v) is 6.15. The molecule has 0 unspecified atom stereocenters. The summed E-state index contributed by atoms with van der Waals surface area (Å²) in [5.41, 5.74) is 0. The Kier molecular flexibility index (Phi) is 5.98. The van der Waals surface area contributed by atoms with E-state index in [-0.39, 0.29) is 0 Å². The molecule has 0 fully saturated rings. The van der Waals surface area contributed by atoms with Gasteiger partial charge >= 0.3 is 0 Å². The topological polar surface area (TPSA) is 49.4 Å². The minimum Gasteiger partial charge on any atom is -0.315 e. The predicted octanol–water partition coefficient (Wildman–Crippen LogP) is 2.44. The van der Waals surface area contributed by atoms with Crippen LogP contribution >= 0.6 is 11.3 Å². The van der Waals surface area contributed by atoms with Crippen LogP contribution in [0.2, 0.25) is 0 Å². The van der Waals surface area contributed by atoms with Gasteiger partial charge in [-0.3, -0.25) is 0 Å². The lowest BCUT2D eigenvalue weighted by atomic mass is 10.1. The van der Waals surface area contributed by atoms with Gasteiger partial charge in [0.25, 0.3) is 0 Å². The molecule has 0 bridgehead atoms. The van der Waals surface area contributed by atoms with Crippen molar-refractivity contribution >= 4 is 21.4 Å². The van der Waals surface area contributed by atoms with Crippen molar-refractivity contribution in [2.75, 3.05) is 20.6 Å². The Labute approximate surface area is 120 Å². The van der Waals surface area contributed by atoms with Crippen LogP contribution in [-0.4, -0.2) is 33.4 Å². The van der Waals surface area contributed by atoms with Gasteiger partial charge in [0.05, 0.1) is 4.90 Å². The zero-order chi connectivity index (χ0) is 14.6. The monoisotopic (exact) mass is 304 g/mol. The fourth-order valence-electron chi connectivity index (χ4n) is 1.77. The molecule has 0 saturated heterocycles. The molecule has 0 aliphatic carbocycles. The first kappa shape index (κ1) is 16.6. The summed E-state index contributed by atoms with van der Waals surface area (Å²) in [5.74, 6) is 0.501. The Morgan fingerprint density at radius 1 is 1.42 bits per heavy atom. The zero-order valence-corrected chi connectivity index (χ0v) is 14.0. The Hall–Kier alpha value is -0.430. The molecule has 0 aliphatic rings. The fourth-order valence-corrected chi connectivity index (χ4v) is 4.57. The van der Waals surface area contributed by atoms with Crippen LogP contribution in [0, 0.1) is 12.8 Å². The van der Waals surface area contributed by atoms with E-state index in [0.717, 1.165) is 16.2 Å². The maximum atomic E-state index is 12.5. The van der Waals surface area contributed by atoms with Gasteiger partial charge in [0, 0.05) is 29.9 Å². The summed E-state index contributed by atoms with van der Waals surface area (Å²) >= 11 is 1.54. The van der Waals surface area contributed by atoms with E-state index in [4.69, 9.17) is 0 Å². The number of thiophene rings is 1. The van der Waals surface area contributed by atoms with E-state index in [1.807, 2.05) is 14.0 Å². The number of nitrogens with one attached hydrogen (secondary N) is 1. The Morgan fingerprint density at radius 3 is 2.58 bits per heavy atom. The molecule has 1 N–H and O–H groups in total. The fraction of sp³-hybridized carbons (Fsp3) is 0.692. The van der Waals surface area contributed by atoms with Crippen molar-refractivity contribution in [2.24, 2.45) is 5.92 Å². The summed E-state index contributed by atoms with van der Waals surface area (Å²) in [7, 11) is 0.172. The summed E-state index contributed by atoms with van der Waals surface area (Å²) in [4.78, 5) is 2.37. The molecular formula is C13H24N2O2S2. The highest BCUT2D eigenvalue weighted by atomic mass is 32.2. The van der Waals surface area contributed by atoms with E-state index >= 15 is 0 Å². The van der Waals surface area contributed by atoms with Gasteiger partial charge in [-0.2, -0.15) is 0 Å². The van der Waals surface area contributed by atoms with Crippen LogP contribution < -0.4 is 5.32 Å². The lowest BCUT2D eigenvalue weighted by Crippen LogP contribution is -2.28. The number of hydrogen-bond acceptors (Lipinski definition) is 4. The van der Waals surface area contributed by atoms with Crippen LogP contribution in [0.1, 0.15) is 30.0 Å². The summed E-state index contributed by atoms with van der Waals surface area (Å²) in [6, 6.07) is 1.79. The molecule has 0 radical (unpaired) electrons. The van der Waals surface area contributed by atoms with Crippen LogP contribution in [0.4, 0.5) is 0 Å². The minimum absolute atomic E-state index is 0.453. The standard InChI is InChI=1S/C13H24N2O2S2/c1-10(2)6-7-15(5)19(16,17)13-8-12(9-14-4)18-11(13)3/h8,10,14H,6-7,9H2,1-5H3. The van der Waals surface area contributed by atoms with Gasteiger partial charge in [-0.1, -0.05) is 13.8 Å². The molecule has 1 heterocycles. The maximum Gasteiger partial charge on any atom is 0.243 e. The Morgan fingerprint density at radius 2 is 2.05 bits per heavy atom. The van der Waals surface area contributed by atoms with Crippen LogP contribution in [-0.2, 0) is 16.6 Å². The second-order valence-corrected chi connectivity index (χ2v) is 8.53. The Bertz CT molecular complexity index is 507. The lowest BCUT2D eigenvalue weighted by Gasteiger charge is -2.18. The molecule has 1 rings (SSSR count). The van der Waals surface area contributed by atoms with Crippen molar-refractivity contribution < 1.29 is 8.42 Å². The number of nitrogens with zero attached hydrogens (tertiary/aromatic N) is 1. The number of rotatable bonds is 7. The van der Waals surface area contributed by atoms with Crippen molar-refractivity contribution in [3.63, 3.8) is 0 Å². The minimum atomic E-state index is -3.35. The van der Waals surface area contributed by atoms with E-state index in [2.05, 4.69) is 19.2 Å². The van der Waals surface area contributed by atoms with E-state index in [0.29, 0.717) is 23.9 Å². The van der Waals surface area contributed by atoms with Gasteiger partial charge in [0.1, 0.15) is 0 Å². The normalized spacial score (nSPS) is 12.6. The smallest absolute Gasteiger partial charge is 0.243 e. The largest absolute Gasteiger partial charge is 0.315 e. The molecule has 0 amide bonds. The van der Waals surface area contributed by atoms with Crippen LogP contribution in [0.15, 0.2) is 11.0 Å². The molecule has 1 aromatic rings. The zero-order valence-electron chi connectivity index (χ0n) is 12.4. The number of aryl methyl sites for hydroxylation is 1. The SMILES string of the molecule is CNCc1cc(S(=O)(=O)N(C)CCC(C)C)c(C)s1. The number of hydrogen-bond donors (Lipinski definition) is 1. The van der Waals surface area contributed by atoms with Gasteiger partial charge in [0.15, 0.2) is 0 Å². The summed E-state index contributed by atoms with van der Waals surface area (Å²) < 4.78 is 26.5. The van der Waals surface area contributed by atoms with E-state index in [9.17, 15) is 8.42 Å². The first-order chi connectivity index (χ1) is 8.78. The molecule has 0 saturated carbocycles. The van der Waals surface area contributed by atoms with Crippen LogP contribution in [0.3, 0.4) is 0 Å². The summed E-state index contributed by atoms with van der Waals surface area (Å²) in [5, 5.41) is 3.05. The average molecular weight is 304 g/mol. The van der Waals surface area contributed by atoms with Gasteiger partial charge < -0.3 is 5.32 Å². The molecule has 1 aromatic heterocycles. The van der Waals surface area contributed by atoms with Gasteiger partial charge in [-0.25, -0.2) is 12.7 Å². The van der Waals surface area contributed by atoms with E-state index in [1.165, 1.54) is 15.6 Å². The second-order valence-electron chi connectivity index (χ2n) is 5.17. The van der Waals surface area contributed by atoms with Crippen LogP contribution in [0.5, 0.6) is 0 Å². The molecule has 0 aromatic carbocycles. The third kappa shape index (κ3) is 4.27. The highest BCUT2D eigenvalue weighted by Crippen LogP contribution is 2.28. The first-order valence-electron chi connectivity index (χ1n) is 6.49. The molecule has 6 heteroatoms. The molecule has 4 nitrogen and oxygen atoms in total. The molecule has 0 aliphatic heterocycles. The molecule has 0 spiro atoms. The van der Waals surface area contributed by atoms with Crippen LogP contribution in [0.25, 0.3) is 0 Å². The van der Waals surface area contributed by atoms with E-state index < -0.39 is 10.0 Å².